The Kier molecular flexibility index (Phi) is 3.51. The van der Waals surface area contributed by atoms with Crippen molar-refractivity contribution in [2.45, 2.75) is 12.6 Å². The zero-order valence-corrected chi connectivity index (χ0v) is 8.39. The van der Waals surface area contributed by atoms with Crippen LogP contribution in [0, 0.1) is 10.1 Å². The molecule has 0 bridgehead atoms. The maximum atomic E-state index is 12.4. The summed E-state index contributed by atoms with van der Waals surface area (Å²) in [6.07, 6.45) is -8.47. The molecular formula is C7H2ClF5N2O2. The molecule has 1 heterocycles. The highest BCUT2D eigenvalue weighted by Crippen LogP contribution is 2.39. The maximum absolute atomic E-state index is 12.4. The number of pyridine rings is 1. The van der Waals surface area contributed by atoms with Crippen LogP contribution in [0.25, 0.3) is 0 Å². The van der Waals surface area contributed by atoms with Gasteiger partial charge in [0.2, 0.25) is 0 Å². The van der Waals surface area contributed by atoms with Gasteiger partial charge in [-0.3, -0.25) is 0 Å². The minimum Gasteiger partial charge on any atom is -0.358 e. The first-order valence-corrected chi connectivity index (χ1v) is 4.22. The van der Waals surface area contributed by atoms with Crippen LogP contribution in [-0.2, 0) is 6.18 Å². The fourth-order valence-corrected chi connectivity index (χ4v) is 1.22. The number of aromatic nitrogens is 1. The minimum atomic E-state index is -5.16. The molecule has 1 aromatic heterocycles. The lowest BCUT2D eigenvalue weighted by Gasteiger charge is -2.08. The minimum absolute atomic E-state index is 0.0713. The molecule has 1 rings (SSSR count). The molecule has 1 aromatic rings. The summed E-state index contributed by atoms with van der Waals surface area (Å²) in [4.78, 5) is 11.6. The van der Waals surface area contributed by atoms with Gasteiger partial charge in [-0.05, 0) is 27.6 Å². The fourth-order valence-electron chi connectivity index (χ4n) is 0.998. The maximum Gasteiger partial charge on any atom is 0.424 e. The number of rotatable bonds is 2. The van der Waals surface area contributed by atoms with E-state index in [1.54, 1.807) is 0 Å². The molecular weight excluding hydrogens is 275 g/mol. The molecule has 4 nitrogen and oxygen atoms in total. The first-order valence-electron chi connectivity index (χ1n) is 3.84. The van der Waals surface area contributed by atoms with Gasteiger partial charge in [-0.25, -0.2) is 8.78 Å². The molecule has 0 radical (unpaired) electrons. The number of hydrogen-bond donors (Lipinski definition) is 0. The van der Waals surface area contributed by atoms with E-state index in [-0.39, 0.29) is 6.07 Å². The molecule has 10 heteroatoms. The van der Waals surface area contributed by atoms with E-state index < -0.39 is 39.6 Å². The summed E-state index contributed by atoms with van der Waals surface area (Å²) in [5.74, 6) is -1.60. The van der Waals surface area contributed by atoms with E-state index in [1.807, 2.05) is 0 Å². The second-order valence-electron chi connectivity index (χ2n) is 2.80. The second-order valence-corrected chi connectivity index (χ2v) is 3.15. The Labute approximate surface area is 95.2 Å². The molecule has 0 fully saturated rings. The first kappa shape index (κ1) is 13.6. The lowest BCUT2D eigenvalue weighted by atomic mass is 10.2. The van der Waals surface area contributed by atoms with Crippen LogP contribution in [0.5, 0.6) is 0 Å². The summed E-state index contributed by atoms with van der Waals surface area (Å²) >= 11 is 5.13. The predicted molar refractivity (Wildman–Crippen MR) is 45.9 cm³/mol. The van der Waals surface area contributed by atoms with Gasteiger partial charge in [-0.1, -0.05) is 0 Å². The molecule has 0 amide bonds. The topological polar surface area (TPSA) is 56.0 Å². The standard InChI is InChI=1S/C7H2ClF5N2O2/c8-4-2(5(9)10)1-3(7(11,12)13)6(14-4)15(16)17/h1,5H. The van der Waals surface area contributed by atoms with Crippen molar-refractivity contribution in [2.75, 3.05) is 0 Å². The number of nitrogens with zero attached hydrogens (tertiary/aromatic N) is 2. The van der Waals surface area contributed by atoms with Crippen molar-refractivity contribution < 1.29 is 26.9 Å². The lowest BCUT2D eigenvalue weighted by Crippen LogP contribution is -2.12. The summed E-state index contributed by atoms with van der Waals surface area (Å²) < 4.78 is 61.6. The molecule has 0 saturated heterocycles. The molecule has 0 saturated carbocycles. The average Bonchev–Trinajstić information content (AvgIpc) is 2.14. The van der Waals surface area contributed by atoms with Crippen molar-refractivity contribution in [3.05, 3.63) is 32.5 Å². The van der Waals surface area contributed by atoms with Crippen LogP contribution in [-0.4, -0.2) is 9.91 Å². The van der Waals surface area contributed by atoms with Gasteiger partial charge in [0.05, 0.1) is 5.56 Å². The Hall–Kier alpha value is -1.51. The zero-order chi connectivity index (χ0) is 13.4. The number of hydrogen-bond acceptors (Lipinski definition) is 3. The molecule has 0 aromatic carbocycles. The van der Waals surface area contributed by atoms with Gasteiger partial charge < -0.3 is 10.1 Å². The van der Waals surface area contributed by atoms with Crippen molar-refractivity contribution in [3.8, 4) is 0 Å². The van der Waals surface area contributed by atoms with Gasteiger partial charge in [0, 0.05) is 0 Å². The highest BCUT2D eigenvalue weighted by Gasteiger charge is 2.41. The van der Waals surface area contributed by atoms with Gasteiger partial charge in [0.1, 0.15) is 0 Å². The Bertz CT molecular complexity index is 462. The third kappa shape index (κ3) is 2.78. The van der Waals surface area contributed by atoms with E-state index in [0.717, 1.165) is 0 Å². The molecule has 17 heavy (non-hydrogen) atoms. The average molecular weight is 277 g/mol. The SMILES string of the molecule is O=[N+]([O-])c1nc(Cl)c(C(F)F)cc1C(F)(F)F. The lowest BCUT2D eigenvalue weighted by molar-refractivity contribution is -0.392. The van der Waals surface area contributed by atoms with Crippen molar-refractivity contribution in [1.82, 2.24) is 4.98 Å². The van der Waals surface area contributed by atoms with E-state index in [4.69, 9.17) is 11.6 Å². The van der Waals surface area contributed by atoms with E-state index in [9.17, 15) is 32.1 Å². The van der Waals surface area contributed by atoms with E-state index in [1.165, 1.54) is 0 Å². The zero-order valence-electron chi connectivity index (χ0n) is 7.63. The van der Waals surface area contributed by atoms with Crippen molar-refractivity contribution in [3.63, 3.8) is 0 Å². The molecule has 0 aliphatic heterocycles. The van der Waals surface area contributed by atoms with Crippen LogP contribution in [0.1, 0.15) is 17.6 Å². The summed E-state index contributed by atoms with van der Waals surface area (Å²) in [6, 6.07) is -0.0713. The Morgan fingerprint density at radius 3 is 2.29 bits per heavy atom. The molecule has 0 spiro atoms. The number of nitro groups is 1. The van der Waals surface area contributed by atoms with Crippen molar-refractivity contribution in [2.24, 2.45) is 0 Å². The Morgan fingerprint density at radius 1 is 1.41 bits per heavy atom. The van der Waals surface area contributed by atoms with Crippen molar-refractivity contribution >= 4 is 17.4 Å². The van der Waals surface area contributed by atoms with Gasteiger partial charge in [0.25, 0.3) is 11.6 Å². The monoisotopic (exact) mass is 276 g/mol. The summed E-state index contributed by atoms with van der Waals surface area (Å²) in [5.41, 5.74) is -3.06. The molecule has 0 atom stereocenters. The van der Waals surface area contributed by atoms with Crippen LogP contribution < -0.4 is 0 Å². The van der Waals surface area contributed by atoms with Gasteiger partial charge >= 0.3 is 12.0 Å². The summed E-state index contributed by atoms with van der Waals surface area (Å²) in [6.45, 7) is 0. The third-order valence-corrected chi connectivity index (χ3v) is 2.00. The normalized spacial score (nSPS) is 11.9. The van der Waals surface area contributed by atoms with Gasteiger partial charge in [0.15, 0.2) is 5.56 Å². The molecule has 0 unspecified atom stereocenters. The van der Waals surface area contributed by atoms with Crippen LogP contribution in [0.4, 0.5) is 27.8 Å². The largest absolute Gasteiger partial charge is 0.424 e. The third-order valence-electron chi connectivity index (χ3n) is 1.70. The smallest absolute Gasteiger partial charge is 0.358 e. The van der Waals surface area contributed by atoms with Gasteiger partial charge in [-0.15, -0.1) is 0 Å². The number of halogens is 6. The predicted octanol–water partition coefficient (Wildman–Crippen LogP) is 3.60. The quantitative estimate of drug-likeness (QED) is 0.359. The van der Waals surface area contributed by atoms with E-state index in [2.05, 4.69) is 4.98 Å². The molecule has 0 aliphatic rings. The van der Waals surface area contributed by atoms with Crippen LogP contribution in [0.3, 0.4) is 0 Å². The molecule has 0 aliphatic carbocycles. The van der Waals surface area contributed by atoms with Crippen molar-refractivity contribution in [1.29, 1.82) is 0 Å². The van der Waals surface area contributed by atoms with E-state index in [0.29, 0.717) is 0 Å². The second kappa shape index (κ2) is 4.40. The van der Waals surface area contributed by atoms with E-state index >= 15 is 0 Å². The summed E-state index contributed by atoms with van der Waals surface area (Å²) in [7, 11) is 0. The Morgan fingerprint density at radius 2 is 1.94 bits per heavy atom. The van der Waals surface area contributed by atoms with Gasteiger partial charge in [-0.2, -0.15) is 13.2 Å². The first-order chi connectivity index (χ1) is 7.64. The van der Waals surface area contributed by atoms with Crippen LogP contribution in [0.15, 0.2) is 6.07 Å². The Balaban J connectivity index is 3.54. The highest BCUT2D eigenvalue weighted by atomic mass is 35.5. The van der Waals surface area contributed by atoms with Crippen LogP contribution >= 0.6 is 11.6 Å². The molecule has 94 valence electrons. The molecule has 0 N–H and O–H groups in total. The highest BCUT2D eigenvalue weighted by molar-refractivity contribution is 6.30. The van der Waals surface area contributed by atoms with Crippen LogP contribution in [0.2, 0.25) is 5.15 Å². The fraction of sp³-hybridized carbons (Fsp3) is 0.286. The summed E-state index contributed by atoms with van der Waals surface area (Å²) in [5, 5.41) is 9.27. The number of alkyl halides is 5.